The lowest BCUT2D eigenvalue weighted by Gasteiger charge is -2.18. The number of rotatable bonds is 20. The van der Waals surface area contributed by atoms with E-state index in [2.05, 4.69) is 6.92 Å². The van der Waals surface area contributed by atoms with Gasteiger partial charge in [0.1, 0.15) is 0 Å². The van der Waals surface area contributed by atoms with Crippen molar-refractivity contribution in [2.24, 2.45) is 5.92 Å². The van der Waals surface area contributed by atoms with Gasteiger partial charge in [-0.25, -0.2) is 0 Å². The van der Waals surface area contributed by atoms with Gasteiger partial charge in [-0.05, 0) is 18.3 Å². The summed E-state index contributed by atoms with van der Waals surface area (Å²) in [4.78, 5) is 0. The van der Waals surface area contributed by atoms with E-state index in [1.54, 1.807) is 0 Å². The van der Waals surface area contributed by atoms with Gasteiger partial charge >= 0.3 is 0 Å². The Morgan fingerprint density at radius 2 is 1.00 bits per heavy atom. The van der Waals surface area contributed by atoms with Gasteiger partial charge in [0, 0.05) is 0 Å². The molecule has 0 aromatic carbocycles. The third-order valence-corrected chi connectivity index (χ3v) is 6.46. The smallest absolute Gasteiger partial charge is 0.265 e. The first-order valence-electron chi connectivity index (χ1n) is 11.6. The Kier molecular flexibility index (Phi) is 17.9. The van der Waals surface area contributed by atoms with Crippen LogP contribution in [0.5, 0.6) is 0 Å². The standard InChI is InChI=1S/C23H47O3S/c1-4-5-6-7-8-9-10-11-12-13-14-15-16-17-18-19-20-23(22(2)3)21-27(24,25)26/h23H,4-21H2,1-3H3,(H,24,25,26). The minimum Gasteiger partial charge on any atom is -0.286 e. The number of hydrogen-bond acceptors (Lipinski definition) is 2. The molecule has 0 aromatic rings. The molecular formula is C23H47O3S. The molecule has 27 heavy (non-hydrogen) atoms. The van der Waals surface area contributed by atoms with Gasteiger partial charge in [-0.3, -0.25) is 4.55 Å². The largest absolute Gasteiger partial charge is 0.286 e. The molecule has 0 aliphatic heterocycles. The van der Waals surface area contributed by atoms with Crippen LogP contribution in [0.25, 0.3) is 0 Å². The highest BCUT2D eigenvalue weighted by atomic mass is 32.2. The van der Waals surface area contributed by atoms with Gasteiger partial charge < -0.3 is 0 Å². The van der Waals surface area contributed by atoms with E-state index in [9.17, 15) is 8.42 Å². The van der Waals surface area contributed by atoms with Crippen LogP contribution in [-0.4, -0.2) is 18.7 Å². The van der Waals surface area contributed by atoms with Crippen molar-refractivity contribution >= 4 is 10.1 Å². The molecule has 0 amide bonds. The van der Waals surface area contributed by atoms with E-state index in [0.29, 0.717) is 0 Å². The first kappa shape index (κ1) is 26.9. The fourth-order valence-electron chi connectivity index (χ4n) is 3.73. The molecule has 1 radical (unpaired) electrons. The summed E-state index contributed by atoms with van der Waals surface area (Å²) in [5.74, 6) is 0.994. The highest BCUT2D eigenvalue weighted by Gasteiger charge is 2.20. The lowest BCUT2D eigenvalue weighted by Crippen LogP contribution is -2.19. The van der Waals surface area contributed by atoms with Crippen LogP contribution >= 0.6 is 0 Å². The third-order valence-electron chi connectivity index (χ3n) is 5.63. The molecule has 0 heterocycles. The lowest BCUT2D eigenvalue weighted by molar-refractivity contribution is 0.446. The van der Waals surface area contributed by atoms with Gasteiger partial charge in [-0.2, -0.15) is 8.42 Å². The fraction of sp³-hybridized carbons (Fsp3) is 0.957. The van der Waals surface area contributed by atoms with Gasteiger partial charge in [0.25, 0.3) is 10.1 Å². The van der Waals surface area contributed by atoms with Crippen LogP contribution in [0.2, 0.25) is 0 Å². The maximum Gasteiger partial charge on any atom is 0.265 e. The van der Waals surface area contributed by atoms with Gasteiger partial charge in [0.05, 0.1) is 5.75 Å². The summed E-state index contributed by atoms with van der Waals surface area (Å²) in [6.07, 6.45) is 22.4. The van der Waals surface area contributed by atoms with Gasteiger partial charge in [-0.15, -0.1) is 0 Å². The Labute approximate surface area is 170 Å². The van der Waals surface area contributed by atoms with Crippen LogP contribution < -0.4 is 0 Å². The van der Waals surface area contributed by atoms with Crippen LogP contribution in [-0.2, 0) is 10.1 Å². The lowest BCUT2D eigenvalue weighted by atomic mass is 9.92. The van der Waals surface area contributed by atoms with Gasteiger partial charge in [0.2, 0.25) is 0 Å². The molecule has 0 fully saturated rings. The van der Waals surface area contributed by atoms with Crippen molar-refractivity contribution in [1.29, 1.82) is 0 Å². The fourth-order valence-corrected chi connectivity index (χ4v) is 4.74. The molecule has 0 aromatic heterocycles. The Balaban J connectivity index is 3.35. The maximum absolute atomic E-state index is 11.1. The molecule has 1 unspecified atom stereocenters. The van der Waals surface area contributed by atoms with E-state index in [1.165, 1.54) is 96.3 Å². The SMILES string of the molecule is CCCCCCCCCCCCCCCCCCC(CS(=O)(=O)O)[C](C)C. The molecule has 0 rings (SSSR count). The first-order chi connectivity index (χ1) is 12.9. The average molecular weight is 404 g/mol. The molecule has 0 bridgehead atoms. The van der Waals surface area contributed by atoms with Crippen molar-refractivity contribution in [3.05, 3.63) is 5.92 Å². The van der Waals surface area contributed by atoms with Crippen LogP contribution in [0.4, 0.5) is 0 Å². The van der Waals surface area contributed by atoms with Crippen LogP contribution in [0.3, 0.4) is 0 Å². The second kappa shape index (κ2) is 18.0. The molecule has 1 atom stereocenters. The van der Waals surface area contributed by atoms with Crippen molar-refractivity contribution < 1.29 is 13.0 Å². The summed E-state index contributed by atoms with van der Waals surface area (Å²) in [6, 6.07) is 0. The predicted octanol–water partition coefficient (Wildman–Crippen LogP) is 7.76. The third kappa shape index (κ3) is 20.5. The number of hydrogen-bond donors (Lipinski definition) is 1. The molecule has 0 spiro atoms. The zero-order valence-corrected chi connectivity index (χ0v) is 19.3. The minimum absolute atomic E-state index is 0.00615. The molecule has 1 N–H and O–H groups in total. The van der Waals surface area contributed by atoms with Crippen LogP contribution in [0, 0.1) is 11.8 Å². The highest BCUT2D eigenvalue weighted by molar-refractivity contribution is 7.85. The zero-order valence-electron chi connectivity index (χ0n) is 18.5. The second-order valence-corrected chi connectivity index (χ2v) is 10.1. The Hall–Kier alpha value is -0.0900. The van der Waals surface area contributed by atoms with Crippen molar-refractivity contribution in [3.63, 3.8) is 0 Å². The molecule has 0 aliphatic rings. The van der Waals surface area contributed by atoms with E-state index in [0.717, 1.165) is 18.8 Å². The summed E-state index contributed by atoms with van der Waals surface area (Å²) in [7, 11) is -3.86. The van der Waals surface area contributed by atoms with E-state index >= 15 is 0 Å². The molecule has 0 saturated carbocycles. The summed E-state index contributed by atoms with van der Waals surface area (Å²) in [6.45, 7) is 6.19. The van der Waals surface area contributed by atoms with E-state index in [4.69, 9.17) is 4.55 Å². The monoisotopic (exact) mass is 403 g/mol. The zero-order chi connectivity index (χ0) is 20.4. The van der Waals surface area contributed by atoms with Gasteiger partial charge in [-0.1, -0.05) is 124 Å². The predicted molar refractivity (Wildman–Crippen MR) is 119 cm³/mol. The molecule has 0 saturated heterocycles. The van der Waals surface area contributed by atoms with Crippen LogP contribution in [0.1, 0.15) is 130 Å². The van der Waals surface area contributed by atoms with Crippen LogP contribution in [0.15, 0.2) is 0 Å². The van der Waals surface area contributed by atoms with Gasteiger partial charge in [0.15, 0.2) is 0 Å². The molecule has 0 aliphatic carbocycles. The van der Waals surface area contributed by atoms with Crippen molar-refractivity contribution in [1.82, 2.24) is 0 Å². The second-order valence-electron chi connectivity index (χ2n) is 8.61. The number of unbranched alkanes of at least 4 members (excludes halogenated alkanes) is 15. The molecule has 4 heteroatoms. The summed E-state index contributed by atoms with van der Waals surface area (Å²) in [5, 5.41) is 0. The summed E-state index contributed by atoms with van der Waals surface area (Å²) in [5.41, 5.74) is 0. The topological polar surface area (TPSA) is 54.4 Å². The summed E-state index contributed by atoms with van der Waals surface area (Å²) >= 11 is 0. The van der Waals surface area contributed by atoms with E-state index < -0.39 is 10.1 Å². The first-order valence-corrected chi connectivity index (χ1v) is 13.2. The van der Waals surface area contributed by atoms with Crippen molar-refractivity contribution in [2.75, 3.05) is 5.75 Å². The normalized spacial score (nSPS) is 13.4. The van der Waals surface area contributed by atoms with Crippen molar-refractivity contribution in [2.45, 2.75) is 130 Å². The quantitative estimate of drug-likeness (QED) is 0.167. The Bertz CT molecular complexity index is 404. The molecular weight excluding hydrogens is 356 g/mol. The molecule has 3 nitrogen and oxygen atoms in total. The van der Waals surface area contributed by atoms with E-state index in [-0.39, 0.29) is 11.7 Å². The Morgan fingerprint density at radius 1 is 0.667 bits per heavy atom. The van der Waals surface area contributed by atoms with E-state index in [1.807, 2.05) is 13.8 Å². The maximum atomic E-state index is 11.1. The highest BCUT2D eigenvalue weighted by Crippen LogP contribution is 2.22. The summed E-state index contributed by atoms with van der Waals surface area (Å²) < 4.78 is 31.2. The molecule has 163 valence electrons. The Morgan fingerprint density at radius 3 is 1.30 bits per heavy atom. The van der Waals surface area contributed by atoms with Crippen molar-refractivity contribution in [3.8, 4) is 0 Å². The minimum atomic E-state index is -3.86. The average Bonchev–Trinajstić information content (AvgIpc) is 2.59.